The fourth-order valence-electron chi connectivity index (χ4n) is 6.99. The molecule has 0 unspecified atom stereocenters. The van der Waals surface area contributed by atoms with Gasteiger partial charge in [-0.3, -0.25) is 14.5 Å². The number of amides is 2. The van der Waals surface area contributed by atoms with Crippen LogP contribution >= 0.6 is 22.9 Å². The van der Waals surface area contributed by atoms with E-state index in [4.69, 9.17) is 11.6 Å². The number of piperidine rings is 1. The topological polar surface area (TPSA) is 93.3 Å². The lowest BCUT2D eigenvalue weighted by atomic mass is 9.99. The zero-order valence-corrected chi connectivity index (χ0v) is 31.9. The summed E-state index contributed by atoms with van der Waals surface area (Å²) in [6, 6.07) is 27.9. The summed E-state index contributed by atoms with van der Waals surface area (Å²) in [5, 5.41) is 2.78. The molecule has 0 spiro atoms. The second-order valence-corrected chi connectivity index (χ2v) is 16.6. The molecule has 6 rings (SSSR count). The van der Waals surface area contributed by atoms with Crippen LogP contribution in [-0.2, 0) is 27.8 Å². The number of halogens is 1. The van der Waals surface area contributed by atoms with Crippen LogP contribution < -0.4 is 9.62 Å². The maximum Gasteiger partial charge on any atom is 0.264 e. The Morgan fingerprint density at radius 1 is 0.904 bits per heavy atom. The minimum atomic E-state index is -3.87. The van der Waals surface area contributed by atoms with E-state index in [1.807, 2.05) is 35.2 Å². The first-order valence-electron chi connectivity index (χ1n) is 17.8. The van der Waals surface area contributed by atoms with Gasteiger partial charge in [-0.15, -0.1) is 11.3 Å². The smallest absolute Gasteiger partial charge is 0.264 e. The number of hydrogen-bond donors (Lipinski definition) is 1. The molecule has 2 amide bonds. The number of thiophene rings is 1. The standard InChI is InChI=1S/C40H46ClN5O4S2/c1-31(47)46(23-19-38-7-4-28-51-38)37-17-21-43(22-18-37)20-5-29-52(49,50)42-40(48)33-11-15-36(16-12-33)45-26-24-44(25-27-45)30-34-6-2-3-8-39(34)32-9-13-35(41)14-10-32/h2-16,20,28,37H,17-19,21-27,29-30H2,1H3,(H,42,48). The van der Waals surface area contributed by atoms with Crippen molar-refractivity contribution in [3.8, 4) is 11.1 Å². The highest BCUT2D eigenvalue weighted by molar-refractivity contribution is 7.90. The van der Waals surface area contributed by atoms with E-state index in [0.717, 1.165) is 81.3 Å². The molecular formula is C40H46ClN5O4S2. The number of nitrogens with zero attached hydrogens (tertiary/aromatic N) is 4. The summed E-state index contributed by atoms with van der Waals surface area (Å²) in [6.45, 7) is 8.13. The van der Waals surface area contributed by atoms with Gasteiger partial charge < -0.3 is 14.7 Å². The Morgan fingerprint density at radius 3 is 2.29 bits per heavy atom. The van der Waals surface area contributed by atoms with Crippen LogP contribution in [-0.4, -0.2) is 92.5 Å². The fourth-order valence-corrected chi connectivity index (χ4v) is 8.64. The largest absolute Gasteiger partial charge is 0.377 e. The minimum absolute atomic E-state index is 0.0875. The molecule has 0 bridgehead atoms. The van der Waals surface area contributed by atoms with E-state index in [1.165, 1.54) is 16.0 Å². The Balaban J connectivity index is 0.933. The molecule has 2 saturated heterocycles. The summed E-state index contributed by atoms with van der Waals surface area (Å²) in [5.74, 6) is -0.854. The second-order valence-electron chi connectivity index (χ2n) is 13.4. The predicted molar refractivity (Wildman–Crippen MR) is 211 cm³/mol. The van der Waals surface area contributed by atoms with Gasteiger partial charge in [-0.25, -0.2) is 13.1 Å². The molecule has 2 aliphatic heterocycles. The Hall–Kier alpha value is -4.16. The summed E-state index contributed by atoms with van der Waals surface area (Å²) in [7, 11) is -3.87. The SMILES string of the molecule is CC(=O)N(CCc1cccs1)C1CCN(C=CCS(=O)(=O)NC(=O)c2ccc(N3CCN(Cc4ccccc4-c4ccc(Cl)cc4)CC3)cc2)CC1. The third-order valence-corrected chi connectivity index (χ3v) is 12.2. The third-order valence-electron chi connectivity index (χ3n) is 9.84. The van der Waals surface area contributed by atoms with Crippen molar-refractivity contribution in [2.75, 3.05) is 56.5 Å². The average molecular weight is 760 g/mol. The molecule has 52 heavy (non-hydrogen) atoms. The molecule has 3 aromatic carbocycles. The molecule has 274 valence electrons. The van der Waals surface area contributed by atoms with Gasteiger partial charge in [0.1, 0.15) is 0 Å². The van der Waals surface area contributed by atoms with Crippen LogP contribution in [0.3, 0.4) is 0 Å². The number of hydrogen-bond acceptors (Lipinski definition) is 8. The number of rotatable bonds is 13. The van der Waals surface area contributed by atoms with Gasteiger partial charge in [-0.2, -0.15) is 0 Å². The quantitative estimate of drug-likeness (QED) is 0.166. The maximum absolute atomic E-state index is 12.9. The zero-order valence-electron chi connectivity index (χ0n) is 29.5. The Bertz CT molecular complexity index is 1920. The molecular weight excluding hydrogens is 714 g/mol. The van der Waals surface area contributed by atoms with Crippen molar-refractivity contribution in [2.45, 2.75) is 38.8 Å². The molecule has 2 fully saturated rings. The monoisotopic (exact) mass is 759 g/mol. The van der Waals surface area contributed by atoms with E-state index in [-0.39, 0.29) is 17.7 Å². The fraction of sp³-hybridized carbons (Fsp3) is 0.350. The van der Waals surface area contributed by atoms with E-state index in [2.05, 4.69) is 67.3 Å². The molecule has 9 nitrogen and oxygen atoms in total. The van der Waals surface area contributed by atoms with E-state index < -0.39 is 15.9 Å². The van der Waals surface area contributed by atoms with Crippen LogP contribution in [0.2, 0.25) is 5.02 Å². The minimum Gasteiger partial charge on any atom is -0.377 e. The number of anilines is 1. The van der Waals surface area contributed by atoms with Crippen LogP contribution in [0.1, 0.15) is 40.6 Å². The van der Waals surface area contributed by atoms with Gasteiger partial charge in [-0.05, 0) is 90.0 Å². The number of piperazine rings is 1. The number of carbonyl (C=O) groups excluding carboxylic acids is 2. The Kier molecular flexibility index (Phi) is 12.7. The molecule has 1 N–H and O–H groups in total. The van der Waals surface area contributed by atoms with Gasteiger partial charge in [0.15, 0.2) is 0 Å². The molecule has 0 saturated carbocycles. The van der Waals surface area contributed by atoms with Crippen molar-refractivity contribution in [2.24, 2.45) is 0 Å². The average Bonchev–Trinajstić information content (AvgIpc) is 3.67. The van der Waals surface area contributed by atoms with Crippen molar-refractivity contribution < 1.29 is 18.0 Å². The van der Waals surface area contributed by atoms with Crippen LogP contribution in [0.5, 0.6) is 0 Å². The number of nitrogens with one attached hydrogen (secondary N) is 1. The van der Waals surface area contributed by atoms with E-state index >= 15 is 0 Å². The highest BCUT2D eigenvalue weighted by atomic mass is 35.5. The van der Waals surface area contributed by atoms with Gasteiger partial charge in [0.05, 0.1) is 5.75 Å². The van der Waals surface area contributed by atoms with E-state index in [9.17, 15) is 18.0 Å². The molecule has 4 aromatic rings. The first-order valence-corrected chi connectivity index (χ1v) is 20.7. The molecule has 1 aromatic heterocycles. The molecule has 0 atom stereocenters. The Labute approximate surface area is 316 Å². The van der Waals surface area contributed by atoms with Crippen LogP contribution in [0.25, 0.3) is 11.1 Å². The first kappa shape index (κ1) is 37.6. The first-order chi connectivity index (χ1) is 25.1. The summed E-state index contributed by atoms with van der Waals surface area (Å²) in [4.78, 5) is 35.3. The van der Waals surface area contributed by atoms with Gasteiger partial charge >= 0.3 is 0 Å². The molecule has 3 heterocycles. The molecule has 2 aliphatic rings. The lowest BCUT2D eigenvalue weighted by Crippen LogP contribution is -2.46. The highest BCUT2D eigenvalue weighted by Gasteiger charge is 2.25. The van der Waals surface area contributed by atoms with Crippen molar-refractivity contribution in [3.05, 3.63) is 124 Å². The van der Waals surface area contributed by atoms with E-state index in [0.29, 0.717) is 12.1 Å². The third kappa shape index (κ3) is 10.2. The molecule has 0 aliphatic carbocycles. The molecule has 12 heteroatoms. The lowest BCUT2D eigenvalue weighted by molar-refractivity contribution is -0.132. The summed E-state index contributed by atoms with van der Waals surface area (Å²) in [6.07, 6.45) is 5.86. The summed E-state index contributed by atoms with van der Waals surface area (Å²) in [5.41, 5.74) is 4.94. The van der Waals surface area contributed by atoms with E-state index in [1.54, 1.807) is 42.7 Å². The number of benzene rings is 3. The van der Waals surface area contributed by atoms with Gasteiger partial charge in [0.2, 0.25) is 15.9 Å². The highest BCUT2D eigenvalue weighted by Crippen LogP contribution is 2.27. The van der Waals surface area contributed by atoms with Crippen molar-refractivity contribution in [3.63, 3.8) is 0 Å². The Morgan fingerprint density at radius 2 is 1.62 bits per heavy atom. The number of carbonyl (C=O) groups is 2. The normalized spacial score (nSPS) is 16.0. The zero-order chi connectivity index (χ0) is 36.5. The van der Waals surface area contributed by atoms with Crippen LogP contribution in [0, 0.1) is 0 Å². The predicted octanol–water partition coefficient (Wildman–Crippen LogP) is 6.52. The lowest BCUT2D eigenvalue weighted by Gasteiger charge is -2.38. The van der Waals surface area contributed by atoms with Gasteiger partial charge in [-0.1, -0.05) is 60.1 Å². The molecule has 0 radical (unpaired) electrons. The number of sulfonamides is 1. The number of likely N-dealkylation sites (tertiary alicyclic amines) is 1. The van der Waals surface area contributed by atoms with Crippen LogP contribution in [0.4, 0.5) is 5.69 Å². The summed E-state index contributed by atoms with van der Waals surface area (Å²) < 4.78 is 27.7. The second kappa shape index (κ2) is 17.6. The maximum atomic E-state index is 12.9. The van der Waals surface area contributed by atoms with Crippen LogP contribution in [0.15, 0.2) is 103 Å². The van der Waals surface area contributed by atoms with Gasteiger partial charge in [0.25, 0.3) is 5.91 Å². The van der Waals surface area contributed by atoms with Crippen molar-refractivity contribution in [1.29, 1.82) is 0 Å². The van der Waals surface area contributed by atoms with Gasteiger partial charge in [0, 0.05) is 86.5 Å². The van der Waals surface area contributed by atoms with Crippen molar-refractivity contribution in [1.82, 2.24) is 19.4 Å². The summed E-state index contributed by atoms with van der Waals surface area (Å²) >= 11 is 7.82. The van der Waals surface area contributed by atoms with Crippen molar-refractivity contribution >= 4 is 50.5 Å².